The van der Waals surface area contributed by atoms with Crippen LogP contribution in [-0.2, 0) is 0 Å². The van der Waals surface area contributed by atoms with E-state index in [2.05, 4.69) is 87.4 Å². The van der Waals surface area contributed by atoms with Crippen LogP contribution in [0.25, 0.3) is 0 Å². The molecule has 0 aliphatic carbocycles. The number of piperazine rings is 1. The smallest absolute Gasteiger partial charge is 0.132 e. The van der Waals surface area contributed by atoms with Crippen molar-refractivity contribution >= 4 is 17.4 Å². The van der Waals surface area contributed by atoms with Gasteiger partial charge in [0.1, 0.15) is 5.50 Å². The molecule has 4 rings (SSSR count). The molecule has 2 heterocycles. The third-order valence-electron chi connectivity index (χ3n) is 4.53. The van der Waals surface area contributed by atoms with Crippen LogP contribution >= 0.6 is 11.8 Å². The number of nitrogens with zero attached hydrogens (tertiary/aromatic N) is 2. The van der Waals surface area contributed by atoms with Crippen LogP contribution in [-0.4, -0.2) is 30.0 Å². The first-order chi connectivity index (χ1) is 11.4. The Morgan fingerprint density at radius 1 is 0.913 bits per heavy atom. The molecule has 1 N–H and O–H groups in total. The van der Waals surface area contributed by atoms with Crippen LogP contribution in [0.1, 0.15) is 11.6 Å². The van der Waals surface area contributed by atoms with Gasteiger partial charge in [0.15, 0.2) is 0 Å². The molecule has 1 saturated heterocycles. The highest BCUT2D eigenvalue weighted by molar-refractivity contribution is 8.02. The van der Waals surface area contributed by atoms with E-state index in [4.69, 9.17) is 0 Å². The lowest BCUT2D eigenvalue weighted by Gasteiger charge is -2.44. The third-order valence-corrected chi connectivity index (χ3v) is 5.52. The molecule has 1 fully saturated rings. The van der Waals surface area contributed by atoms with Crippen molar-refractivity contribution in [2.24, 2.45) is 0 Å². The number of hydrogen-bond donors (Lipinski definition) is 1. The van der Waals surface area contributed by atoms with Gasteiger partial charge in [-0.05, 0) is 23.1 Å². The van der Waals surface area contributed by atoms with Gasteiger partial charge in [0.2, 0.25) is 0 Å². The lowest BCUT2D eigenvalue weighted by molar-refractivity contribution is 0.199. The Bertz CT molecular complexity index is 651. The molecule has 2 aromatic rings. The molecule has 4 heteroatoms. The number of thioether (sulfide) groups is 1. The lowest BCUT2D eigenvalue weighted by Crippen LogP contribution is -2.53. The number of rotatable bonds is 3. The summed E-state index contributed by atoms with van der Waals surface area (Å²) < 4.78 is 0. The molecule has 2 unspecified atom stereocenters. The molecule has 0 bridgehead atoms. The molecule has 0 aromatic heterocycles. The van der Waals surface area contributed by atoms with Gasteiger partial charge in [-0.1, -0.05) is 60.3 Å². The van der Waals surface area contributed by atoms with E-state index >= 15 is 0 Å². The number of hydrogen-bond acceptors (Lipinski definition) is 4. The first-order valence-electron chi connectivity index (χ1n) is 8.09. The highest BCUT2D eigenvalue weighted by Crippen LogP contribution is 2.33. The molecule has 2 aliphatic heterocycles. The van der Waals surface area contributed by atoms with E-state index in [1.807, 2.05) is 11.8 Å². The lowest BCUT2D eigenvalue weighted by atomic mass is 10.0. The Balaban J connectivity index is 1.61. The van der Waals surface area contributed by atoms with E-state index < -0.39 is 0 Å². The van der Waals surface area contributed by atoms with E-state index in [-0.39, 0.29) is 0 Å². The fourth-order valence-corrected chi connectivity index (χ4v) is 4.20. The molecular weight excluding hydrogens is 302 g/mol. The van der Waals surface area contributed by atoms with Gasteiger partial charge >= 0.3 is 0 Å². The molecule has 118 valence electrons. The van der Waals surface area contributed by atoms with E-state index in [0.717, 1.165) is 19.6 Å². The Morgan fingerprint density at radius 3 is 2.35 bits per heavy atom. The van der Waals surface area contributed by atoms with Crippen molar-refractivity contribution in [1.29, 1.82) is 0 Å². The zero-order chi connectivity index (χ0) is 15.5. The number of nitrogens with one attached hydrogen (secondary N) is 1. The SMILES string of the molecule is C1=CSC(N2CCN(c3ccccc3)C(c3ccccc3)C2)N1. The number of benzene rings is 2. The average Bonchev–Trinajstić information content (AvgIpc) is 3.17. The van der Waals surface area contributed by atoms with Crippen molar-refractivity contribution in [1.82, 2.24) is 10.2 Å². The van der Waals surface area contributed by atoms with E-state index in [0.29, 0.717) is 11.5 Å². The largest absolute Gasteiger partial charge is 0.366 e. The zero-order valence-corrected chi connectivity index (χ0v) is 13.8. The third kappa shape index (κ3) is 3.09. The number of anilines is 1. The predicted octanol–water partition coefficient (Wildman–Crippen LogP) is 3.64. The van der Waals surface area contributed by atoms with Crippen molar-refractivity contribution < 1.29 is 0 Å². The van der Waals surface area contributed by atoms with Gasteiger partial charge in [-0.3, -0.25) is 4.90 Å². The van der Waals surface area contributed by atoms with Crippen molar-refractivity contribution in [3.63, 3.8) is 0 Å². The minimum Gasteiger partial charge on any atom is -0.366 e. The topological polar surface area (TPSA) is 18.5 Å². The second kappa shape index (κ2) is 6.69. The van der Waals surface area contributed by atoms with Crippen LogP contribution in [0, 0.1) is 0 Å². The standard InChI is InChI=1S/C19H21N3S/c1-3-7-16(8-4-1)18-15-21(19-20-11-14-23-19)12-13-22(18)17-9-5-2-6-10-17/h1-11,14,18-20H,12-13,15H2. The summed E-state index contributed by atoms with van der Waals surface area (Å²) in [5.41, 5.74) is 3.07. The van der Waals surface area contributed by atoms with E-state index in [1.165, 1.54) is 11.3 Å². The monoisotopic (exact) mass is 323 g/mol. The van der Waals surface area contributed by atoms with Gasteiger partial charge in [-0.2, -0.15) is 0 Å². The van der Waals surface area contributed by atoms with Gasteiger partial charge < -0.3 is 10.2 Å². The van der Waals surface area contributed by atoms with Gasteiger partial charge in [-0.25, -0.2) is 0 Å². The Kier molecular flexibility index (Phi) is 4.26. The summed E-state index contributed by atoms with van der Waals surface area (Å²) in [5.74, 6) is 0. The highest BCUT2D eigenvalue weighted by Gasteiger charge is 2.32. The zero-order valence-electron chi connectivity index (χ0n) is 13.0. The fourth-order valence-electron chi connectivity index (χ4n) is 3.37. The Morgan fingerprint density at radius 2 is 1.65 bits per heavy atom. The van der Waals surface area contributed by atoms with Crippen molar-refractivity contribution in [3.05, 3.63) is 77.8 Å². The molecule has 0 amide bonds. The first kappa shape index (κ1) is 14.7. The predicted molar refractivity (Wildman–Crippen MR) is 98.2 cm³/mol. The van der Waals surface area contributed by atoms with Crippen LogP contribution in [0.3, 0.4) is 0 Å². The van der Waals surface area contributed by atoms with Crippen molar-refractivity contribution in [2.75, 3.05) is 24.5 Å². The van der Waals surface area contributed by atoms with Crippen LogP contribution in [0.4, 0.5) is 5.69 Å². The number of para-hydroxylation sites is 1. The summed E-state index contributed by atoms with van der Waals surface area (Å²) >= 11 is 1.86. The highest BCUT2D eigenvalue weighted by atomic mass is 32.2. The van der Waals surface area contributed by atoms with Crippen molar-refractivity contribution in [2.45, 2.75) is 11.5 Å². The normalized spacial score (nSPS) is 24.6. The van der Waals surface area contributed by atoms with Gasteiger partial charge in [-0.15, -0.1) is 0 Å². The Labute approximate surface area is 142 Å². The molecule has 0 spiro atoms. The average molecular weight is 323 g/mol. The quantitative estimate of drug-likeness (QED) is 0.929. The summed E-state index contributed by atoms with van der Waals surface area (Å²) in [6.45, 7) is 3.15. The molecule has 2 atom stereocenters. The van der Waals surface area contributed by atoms with Gasteiger partial charge in [0, 0.05) is 31.5 Å². The first-order valence-corrected chi connectivity index (χ1v) is 9.03. The van der Waals surface area contributed by atoms with Crippen LogP contribution in [0.2, 0.25) is 0 Å². The van der Waals surface area contributed by atoms with E-state index in [1.54, 1.807) is 0 Å². The fraction of sp³-hybridized carbons (Fsp3) is 0.263. The Hall–Kier alpha value is -1.91. The maximum Gasteiger partial charge on any atom is 0.132 e. The van der Waals surface area contributed by atoms with E-state index in [9.17, 15) is 0 Å². The van der Waals surface area contributed by atoms with Crippen LogP contribution < -0.4 is 10.2 Å². The van der Waals surface area contributed by atoms with Gasteiger partial charge in [0.05, 0.1) is 6.04 Å². The summed E-state index contributed by atoms with van der Waals surface area (Å²) in [4.78, 5) is 5.08. The van der Waals surface area contributed by atoms with Gasteiger partial charge in [0.25, 0.3) is 0 Å². The molecule has 2 aliphatic rings. The minimum absolute atomic E-state index is 0.374. The maximum atomic E-state index is 3.44. The van der Waals surface area contributed by atoms with Crippen LogP contribution in [0.5, 0.6) is 0 Å². The summed E-state index contributed by atoms with van der Waals surface area (Å²) in [6.07, 6.45) is 2.05. The maximum absolute atomic E-state index is 3.44. The summed E-state index contributed by atoms with van der Waals surface area (Å²) in [7, 11) is 0. The summed E-state index contributed by atoms with van der Waals surface area (Å²) in [6, 6.07) is 22.0. The second-order valence-corrected chi connectivity index (χ2v) is 6.90. The molecule has 0 radical (unpaired) electrons. The molecule has 2 aromatic carbocycles. The second-order valence-electron chi connectivity index (χ2n) is 5.91. The summed E-state index contributed by atoms with van der Waals surface area (Å²) in [5, 5.41) is 5.59. The van der Waals surface area contributed by atoms with Crippen molar-refractivity contribution in [3.8, 4) is 0 Å². The molecular formula is C19H21N3S. The molecule has 3 nitrogen and oxygen atoms in total. The molecule has 0 saturated carbocycles. The molecule has 23 heavy (non-hydrogen) atoms. The minimum atomic E-state index is 0.374. The van der Waals surface area contributed by atoms with Crippen LogP contribution in [0.15, 0.2) is 72.3 Å².